The minimum Gasteiger partial charge on any atom is -0.496 e. The van der Waals surface area contributed by atoms with Crippen molar-refractivity contribution in [3.63, 3.8) is 0 Å². The number of aryl methyl sites for hydroxylation is 2. The molecule has 3 N–H and O–H groups in total. The van der Waals surface area contributed by atoms with Crippen LogP contribution in [-0.4, -0.2) is 31.5 Å². The van der Waals surface area contributed by atoms with E-state index in [-0.39, 0.29) is 11.5 Å². The van der Waals surface area contributed by atoms with Gasteiger partial charge in [-0.1, -0.05) is 23.8 Å². The molecule has 2 heterocycles. The summed E-state index contributed by atoms with van der Waals surface area (Å²) in [5, 5.41) is 17.5. The Bertz CT molecular complexity index is 1240. The Balaban J connectivity index is 2.05. The number of hydrogen-bond acceptors (Lipinski definition) is 7. The van der Waals surface area contributed by atoms with Gasteiger partial charge in [0.25, 0.3) is 0 Å². The molecule has 2 aromatic carbocycles. The van der Waals surface area contributed by atoms with Gasteiger partial charge in [-0.05, 0) is 19.4 Å². The third kappa shape index (κ3) is 3.28. The highest BCUT2D eigenvalue weighted by Gasteiger charge is 2.39. The first-order chi connectivity index (χ1) is 15.4. The van der Waals surface area contributed by atoms with Crippen LogP contribution in [0.25, 0.3) is 11.3 Å². The van der Waals surface area contributed by atoms with Crippen molar-refractivity contribution in [2.45, 2.75) is 19.8 Å². The van der Waals surface area contributed by atoms with Crippen LogP contribution in [0.4, 0.5) is 0 Å². The Hall–Kier alpha value is -4.12. The van der Waals surface area contributed by atoms with Crippen molar-refractivity contribution < 1.29 is 18.9 Å². The Morgan fingerprint density at radius 1 is 1.03 bits per heavy atom. The molecule has 32 heavy (non-hydrogen) atoms. The van der Waals surface area contributed by atoms with Gasteiger partial charge in [0.2, 0.25) is 11.8 Å². The van der Waals surface area contributed by atoms with E-state index < -0.39 is 5.92 Å². The Morgan fingerprint density at radius 2 is 1.72 bits per heavy atom. The van der Waals surface area contributed by atoms with Crippen LogP contribution in [-0.2, 0) is 0 Å². The molecule has 0 saturated heterocycles. The first-order valence-corrected chi connectivity index (χ1v) is 9.96. The van der Waals surface area contributed by atoms with Crippen LogP contribution in [0.1, 0.15) is 28.2 Å². The molecule has 1 unspecified atom stereocenters. The summed E-state index contributed by atoms with van der Waals surface area (Å²) < 4.78 is 22.5. The lowest BCUT2D eigenvalue weighted by molar-refractivity contribution is 0.358. The van der Waals surface area contributed by atoms with E-state index >= 15 is 0 Å². The van der Waals surface area contributed by atoms with E-state index in [4.69, 9.17) is 24.7 Å². The Labute approximate surface area is 186 Å². The summed E-state index contributed by atoms with van der Waals surface area (Å²) in [6, 6.07) is 11.8. The van der Waals surface area contributed by atoms with E-state index in [0.717, 1.165) is 22.4 Å². The van der Waals surface area contributed by atoms with Gasteiger partial charge in [-0.15, -0.1) is 5.10 Å². The van der Waals surface area contributed by atoms with E-state index in [1.807, 2.05) is 26.0 Å². The second kappa shape index (κ2) is 8.19. The zero-order valence-electron chi connectivity index (χ0n) is 18.6. The fraction of sp³-hybridized carbons (Fsp3) is 0.250. The van der Waals surface area contributed by atoms with Gasteiger partial charge in [0.15, 0.2) is 0 Å². The van der Waals surface area contributed by atoms with Gasteiger partial charge in [0, 0.05) is 23.3 Å². The zero-order chi connectivity index (χ0) is 23.0. The van der Waals surface area contributed by atoms with Crippen LogP contribution in [0.5, 0.6) is 23.1 Å². The van der Waals surface area contributed by atoms with Gasteiger partial charge in [-0.25, -0.2) is 0 Å². The molecule has 0 radical (unpaired) electrons. The summed E-state index contributed by atoms with van der Waals surface area (Å²) in [6.45, 7) is 4.06. The minimum absolute atomic E-state index is 0.0106. The lowest BCUT2D eigenvalue weighted by Crippen LogP contribution is -2.21. The monoisotopic (exact) mass is 432 g/mol. The zero-order valence-corrected chi connectivity index (χ0v) is 18.6. The molecule has 0 aliphatic carbocycles. The number of allylic oxidation sites excluding steroid dienone is 1. The Kier molecular flexibility index (Phi) is 5.41. The number of fused-ring (bicyclic) bond motifs is 1. The summed E-state index contributed by atoms with van der Waals surface area (Å²) in [5.74, 6) is 1.21. The molecule has 8 heteroatoms. The van der Waals surface area contributed by atoms with Crippen molar-refractivity contribution >= 4 is 0 Å². The highest BCUT2D eigenvalue weighted by atomic mass is 16.5. The van der Waals surface area contributed by atoms with E-state index in [9.17, 15) is 5.26 Å². The second-order valence-electron chi connectivity index (χ2n) is 7.51. The maximum absolute atomic E-state index is 10.0. The molecule has 164 valence electrons. The lowest BCUT2D eigenvalue weighted by atomic mass is 9.81. The number of nitrogens with two attached hydrogens (primary N) is 1. The third-order valence-electron chi connectivity index (χ3n) is 5.63. The number of nitrogens with zero attached hydrogens (tertiary/aromatic N) is 2. The average molecular weight is 432 g/mol. The number of aromatic nitrogens is 2. The standard InChI is InChI=1S/C24H24N4O4/c1-12-6-7-15(13(2)8-12)22-21-19(16(11-25)23(26)32-24(21)28-27-22)20-17(30-4)9-14(29-3)10-18(20)31-5/h6-10,19H,26H2,1-5H3,(H,27,28). The molecule has 8 nitrogen and oxygen atoms in total. The van der Waals surface area contributed by atoms with Gasteiger partial charge < -0.3 is 24.7 Å². The summed E-state index contributed by atoms with van der Waals surface area (Å²) in [5.41, 5.74) is 11.6. The fourth-order valence-electron chi connectivity index (χ4n) is 4.15. The lowest BCUT2D eigenvalue weighted by Gasteiger charge is -2.27. The highest BCUT2D eigenvalue weighted by molar-refractivity contribution is 5.75. The molecular weight excluding hydrogens is 408 g/mol. The van der Waals surface area contributed by atoms with Gasteiger partial charge in [0.1, 0.15) is 28.9 Å². The molecule has 0 fully saturated rings. The summed E-state index contributed by atoms with van der Waals surface area (Å²) in [4.78, 5) is 0. The highest BCUT2D eigenvalue weighted by Crippen LogP contribution is 2.51. The minimum atomic E-state index is -0.631. The van der Waals surface area contributed by atoms with Crippen molar-refractivity contribution in [2.24, 2.45) is 5.73 Å². The van der Waals surface area contributed by atoms with E-state index in [2.05, 4.69) is 22.3 Å². The molecule has 1 aromatic heterocycles. The molecule has 1 aliphatic rings. The van der Waals surface area contributed by atoms with E-state index in [1.165, 1.54) is 0 Å². The molecule has 0 bridgehead atoms. The number of methoxy groups -OCH3 is 3. The van der Waals surface area contributed by atoms with Crippen LogP contribution < -0.4 is 24.7 Å². The first kappa shape index (κ1) is 21.1. The predicted octanol–water partition coefficient (Wildman–Crippen LogP) is 3.94. The Morgan fingerprint density at radius 3 is 2.28 bits per heavy atom. The predicted molar refractivity (Wildman–Crippen MR) is 119 cm³/mol. The third-order valence-corrected chi connectivity index (χ3v) is 5.63. The number of ether oxygens (including phenoxy) is 4. The fourth-order valence-corrected chi connectivity index (χ4v) is 4.15. The van der Waals surface area contributed by atoms with E-state index in [1.54, 1.807) is 33.5 Å². The van der Waals surface area contributed by atoms with Crippen LogP contribution >= 0.6 is 0 Å². The van der Waals surface area contributed by atoms with Crippen molar-refractivity contribution in [1.82, 2.24) is 10.2 Å². The van der Waals surface area contributed by atoms with Gasteiger partial charge >= 0.3 is 0 Å². The largest absolute Gasteiger partial charge is 0.496 e. The van der Waals surface area contributed by atoms with Crippen molar-refractivity contribution in [3.05, 3.63) is 64.0 Å². The van der Waals surface area contributed by atoms with Crippen molar-refractivity contribution in [2.75, 3.05) is 21.3 Å². The van der Waals surface area contributed by atoms with Crippen LogP contribution in [0.15, 0.2) is 41.8 Å². The van der Waals surface area contributed by atoms with Crippen molar-refractivity contribution in [3.8, 4) is 40.5 Å². The number of nitrogens with one attached hydrogen (secondary N) is 1. The quantitative estimate of drug-likeness (QED) is 0.627. The molecule has 1 atom stereocenters. The SMILES string of the molecule is COc1cc(OC)c(C2C(C#N)=C(N)Oc3n[nH]c(-c4ccc(C)cc4C)c32)c(OC)c1. The number of benzene rings is 2. The average Bonchev–Trinajstić information content (AvgIpc) is 3.20. The molecule has 4 rings (SSSR count). The van der Waals surface area contributed by atoms with Crippen LogP contribution in [0.3, 0.4) is 0 Å². The molecule has 0 spiro atoms. The van der Waals surface area contributed by atoms with Gasteiger partial charge in [-0.3, -0.25) is 5.10 Å². The molecule has 1 aliphatic heterocycles. The number of H-pyrrole nitrogens is 1. The summed E-state index contributed by atoms with van der Waals surface area (Å²) in [7, 11) is 4.67. The maximum Gasteiger partial charge on any atom is 0.244 e. The topological polar surface area (TPSA) is 115 Å². The molecular formula is C24H24N4O4. The van der Waals surface area contributed by atoms with Gasteiger partial charge in [0.05, 0.1) is 38.5 Å². The number of aromatic amines is 1. The molecule has 0 saturated carbocycles. The van der Waals surface area contributed by atoms with E-state index in [0.29, 0.717) is 34.3 Å². The molecule has 0 amide bonds. The van der Waals surface area contributed by atoms with Crippen LogP contribution in [0, 0.1) is 25.2 Å². The van der Waals surface area contributed by atoms with Crippen molar-refractivity contribution in [1.29, 1.82) is 5.26 Å². The normalized spacial score (nSPS) is 14.9. The first-order valence-electron chi connectivity index (χ1n) is 9.96. The number of rotatable bonds is 5. The summed E-state index contributed by atoms with van der Waals surface area (Å²) in [6.07, 6.45) is 0. The maximum atomic E-state index is 10.0. The smallest absolute Gasteiger partial charge is 0.244 e. The van der Waals surface area contributed by atoms with Crippen LogP contribution in [0.2, 0.25) is 0 Å². The number of nitriles is 1. The van der Waals surface area contributed by atoms with Gasteiger partial charge in [-0.2, -0.15) is 5.26 Å². The number of hydrogen-bond donors (Lipinski definition) is 2. The summed E-state index contributed by atoms with van der Waals surface area (Å²) >= 11 is 0. The second-order valence-corrected chi connectivity index (χ2v) is 7.51. The molecule has 3 aromatic rings.